The number of hydrazine groups is 1. The first-order chi connectivity index (χ1) is 14.9. The van der Waals surface area contributed by atoms with Gasteiger partial charge in [0.25, 0.3) is 0 Å². The summed E-state index contributed by atoms with van der Waals surface area (Å²) in [7, 11) is 0. The molecule has 5 aromatic rings. The molecular formula is C22H20N8. The van der Waals surface area contributed by atoms with Crippen LogP contribution in [-0.2, 0) is 0 Å². The summed E-state index contributed by atoms with van der Waals surface area (Å²) in [5.41, 5.74) is 8.45. The lowest BCUT2D eigenvalue weighted by atomic mass is 10.2. The SMILES string of the molecule is c1ccc(NN2C(n3nnc4ccccc43)CCC2n2nnc3ccccc32)cc1. The van der Waals surface area contributed by atoms with Crippen LogP contribution in [0.3, 0.4) is 0 Å². The van der Waals surface area contributed by atoms with E-state index in [1.165, 1.54) is 0 Å². The molecule has 1 aliphatic heterocycles. The van der Waals surface area contributed by atoms with E-state index < -0.39 is 0 Å². The molecule has 0 saturated carbocycles. The van der Waals surface area contributed by atoms with Crippen molar-refractivity contribution in [1.82, 2.24) is 35.0 Å². The van der Waals surface area contributed by atoms with Gasteiger partial charge in [-0.25, -0.2) is 9.36 Å². The summed E-state index contributed by atoms with van der Waals surface area (Å²) in [6.45, 7) is 0. The molecular weight excluding hydrogens is 376 g/mol. The summed E-state index contributed by atoms with van der Waals surface area (Å²) in [6.07, 6.45) is 1.80. The lowest BCUT2D eigenvalue weighted by Gasteiger charge is -2.31. The molecule has 8 heteroatoms. The molecule has 2 unspecified atom stereocenters. The molecule has 3 heterocycles. The normalized spacial score (nSPS) is 19.6. The number of benzene rings is 3. The predicted molar refractivity (Wildman–Crippen MR) is 114 cm³/mol. The highest BCUT2D eigenvalue weighted by molar-refractivity contribution is 5.74. The number of aromatic nitrogens is 6. The zero-order valence-corrected chi connectivity index (χ0v) is 16.2. The van der Waals surface area contributed by atoms with E-state index in [2.05, 4.69) is 55.3 Å². The van der Waals surface area contributed by atoms with E-state index in [0.717, 1.165) is 40.6 Å². The van der Waals surface area contributed by atoms with E-state index in [1.807, 2.05) is 64.0 Å². The maximum Gasteiger partial charge on any atom is 0.126 e. The third kappa shape index (κ3) is 2.73. The molecule has 0 bridgehead atoms. The van der Waals surface area contributed by atoms with Crippen molar-refractivity contribution in [3.05, 3.63) is 78.9 Å². The molecule has 3 aromatic carbocycles. The molecule has 8 nitrogen and oxygen atoms in total. The highest BCUT2D eigenvalue weighted by Gasteiger charge is 2.38. The first-order valence-corrected chi connectivity index (χ1v) is 10.1. The average molecular weight is 396 g/mol. The monoisotopic (exact) mass is 396 g/mol. The Labute approximate surface area is 172 Å². The fourth-order valence-corrected chi connectivity index (χ4v) is 4.28. The largest absolute Gasteiger partial charge is 0.315 e. The van der Waals surface area contributed by atoms with Crippen molar-refractivity contribution < 1.29 is 0 Å². The zero-order valence-electron chi connectivity index (χ0n) is 16.2. The Morgan fingerprint density at radius 1 is 0.633 bits per heavy atom. The Balaban J connectivity index is 1.45. The molecule has 0 spiro atoms. The lowest BCUT2D eigenvalue weighted by molar-refractivity contribution is 0.127. The number of hydrogen-bond acceptors (Lipinski definition) is 6. The van der Waals surface area contributed by atoms with E-state index in [0.29, 0.717) is 0 Å². The molecule has 1 fully saturated rings. The van der Waals surface area contributed by atoms with Crippen molar-refractivity contribution in [3.8, 4) is 0 Å². The average Bonchev–Trinajstić information content (AvgIpc) is 3.51. The quantitative estimate of drug-likeness (QED) is 0.495. The summed E-state index contributed by atoms with van der Waals surface area (Å²) in [4.78, 5) is 0. The number of nitrogens with zero attached hydrogens (tertiary/aromatic N) is 7. The van der Waals surface area contributed by atoms with Crippen LogP contribution < -0.4 is 5.43 Å². The van der Waals surface area contributed by atoms with Crippen LogP contribution >= 0.6 is 0 Å². The van der Waals surface area contributed by atoms with Crippen molar-refractivity contribution in [2.45, 2.75) is 25.2 Å². The van der Waals surface area contributed by atoms with Crippen molar-refractivity contribution >= 4 is 27.8 Å². The van der Waals surface area contributed by atoms with Crippen LogP contribution in [0.4, 0.5) is 5.69 Å². The summed E-state index contributed by atoms with van der Waals surface area (Å²) in [6, 6.07) is 26.3. The van der Waals surface area contributed by atoms with Crippen molar-refractivity contribution in [1.29, 1.82) is 0 Å². The van der Waals surface area contributed by atoms with Crippen molar-refractivity contribution in [2.24, 2.45) is 0 Å². The summed E-state index contributed by atoms with van der Waals surface area (Å²) < 4.78 is 4.01. The minimum Gasteiger partial charge on any atom is -0.315 e. The van der Waals surface area contributed by atoms with Gasteiger partial charge < -0.3 is 5.43 Å². The molecule has 1 saturated heterocycles. The fourth-order valence-electron chi connectivity index (χ4n) is 4.28. The van der Waals surface area contributed by atoms with Gasteiger partial charge in [-0.15, -0.1) is 10.2 Å². The Morgan fingerprint density at radius 2 is 1.13 bits per heavy atom. The summed E-state index contributed by atoms with van der Waals surface area (Å²) >= 11 is 0. The number of nitrogens with one attached hydrogen (secondary N) is 1. The number of fused-ring (bicyclic) bond motifs is 2. The standard InChI is InChI=1S/C22H20N8/c1-2-8-16(9-3-1)25-30-21(28-19-12-6-4-10-17(19)23-26-28)14-15-22(30)29-20-13-7-5-11-18(20)24-27-29/h1-13,21-22,25H,14-15H2. The lowest BCUT2D eigenvalue weighted by Crippen LogP contribution is -2.37. The fraction of sp³-hybridized carbons (Fsp3) is 0.182. The molecule has 0 aliphatic carbocycles. The highest BCUT2D eigenvalue weighted by Crippen LogP contribution is 2.39. The van der Waals surface area contributed by atoms with Gasteiger partial charge in [-0.3, -0.25) is 0 Å². The Bertz CT molecular complexity index is 1230. The van der Waals surface area contributed by atoms with Gasteiger partial charge >= 0.3 is 0 Å². The first kappa shape index (κ1) is 17.1. The third-order valence-corrected chi connectivity index (χ3v) is 5.68. The number of anilines is 1. The van der Waals surface area contributed by atoms with Crippen molar-refractivity contribution in [2.75, 3.05) is 5.43 Å². The van der Waals surface area contributed by atoms with Crippen LogP contribution in [0.15, 0.2) is 78.9 Å². The maximum absolute atomic E-state index is 4.49. The van der Waals surface area contributed by atoms with E-state index in [-0.39, 0.29) is 12.3 Å². The van der Waals surface area contributed by atoms with Gasteiger partial charge in [0, 0.05) is 5.69 Å². The second kappa shape index (κ2) is 6.93. The van der Waals surface area contributed by atoms with Gasteiger partial charge in [-0.05, 0) is 49.2 Å². The molecule has 2 aromatic heterocycles. The van der Waals surface area contributed by atoms with Gasteiger partial charge in [-0.2, -0.15) is 5.01 Å². The van der Waals surface area contributed by atoms with Crippen LogP contribution in [-0.4, -0.2) is 35.0 Å². The summed E-state index contributed by atoms with van der Waals surface area (Å²) in [5.74, 6) is 0. The maximum atomic E-state index is 4.49. The van der Waals surface area contributed by atoms with Gasteiger partial charge in [0.1, 0.15) is 23.4 Å². The minimum atomic E-state index is -0.00873. The smallest absolute Gasteiger partial charge is 0.126 e. The van der Waals surface area contributed by atoms with Crippen LogP contribution in [0.5, 0.6) is 0 Å². The van der Waals surface area contributed by atoms with E-state index in [4.69, 9.17) is 0 Å². The Morgan fingerprint density at radius 3 is 1.70 bits per heavy atom. The number of rotatable bonds is 4. The highest BCUT2D eigenvalue weighted by atomic mass is 15.7. The van der Waals surface area contributed by atoms with E-state index in [1.54, 1.807) is 0 Å². The van der Waals surface area contributed by atoms with Gasteiger partial charge in [0.2, 0.25) is 0 Å². The van der Waals surface area contributed by atoms with Crippen LogP contribution in [0.25, 0.3) is 22.1 Å². The molecule has 148 valence electrons. The molecule has 30 heavy (non-hydrogen) atoms. The third-order valence-electron chi connectivity index (χ3n) is 5.68. The minimum absolute atomic E-state index is 0.00873. The Kier molecular flexibility index (Phi) is 3.95. The number of hydrogen-bond donors (Lipinski definition) is 1. The second-order valence-corrected chi connectivity index (χ2v) is 7.47. The zero-order chi connectivity index (χ0) is 19.9. The first-order valence-electron chi connectivity index (χ1n) is 10.1. The molecule has 1 N–H and O–H groups in total. The predicted octanol–water partition coefficient (Wildman–Crippen LogP) is 4.00. The van der Waals surface area contributed by atoms with Crippen LogP contribution in [0.1, 0.15) is 25.2 Å². The number of para-hydroxylation sites is 3. The topological polar surface area (TPSA) is 76.7 Å². The van der Waals surface area contributed by atoms with Gasteiger partial charge in [0.15, 0.2) is 0 Å². The van der Waals surface area contributed by atoms with Crippen LogP contribution in [0.2, 0.25) is 0 Å². The van der Waals surface area contributed by atoms with Gasteiger partial charge in [-0.1, -0.05) is 52.9 Å². The van der Waals surface area contributed by atoms with Gasteiger partial charge in [0.05, 0.1) is 11.0 Å². The second-order valence-electron chi connectivity index (χ2n) is 7.47. The molecule has 2 atom stereocenters. The van der Waals surface area contributed by atoms with E-state index >= 15 is 0 Å². The Hall–Kier alpha value is -3.78. The molecule has 1 aliphatic rings. The van der Waals surface area contributed by atoms with E-state index in [9.17, 15) is 0 Å². The molecule has 0 amide bonds. The van der Waals surface area contributed by atoms with Crippen molar-refractivity contribution in [3.63, 3.8) is 0 Å². The van der Waals surface area contributed by atoms with Crippen LogP contribution in [0, 0.1) is 0 Å². The summed E-state index contributed by atoms with van der Waals surface area (Å²) in [5, 5.41) is 19.9. The molecule has 6 rings (SSSR count). The molecule has 0 radical (unpaired) electrons.